The second-order valence-electron chi connectivity index (χ2n) is 5.42. The van der Waals surface area contributed by atoms with E-state index in [1.54, 1.807) is 7.11 Å². The van der Waals surface area contributed by atoms with Gasteiger partial charge in [0.2, 0.25) is 0 Å². The molecule has 102 valence electrons. The Morgan fingerprint density at radius 1 is 1.47 bits per heavy atom. The third-order valence-electron chi connectivity index (χ3n) is 4.06. The van der Waals surface area contributed by atoms with E-state index in [1.807, 2.05) is 12.1 Å². The summed E-state index contributed by atoms with van der Waals surface area (Å²) in [7, 11) is 1.70. The monoisotopic (exact) mass is 276 g/mol. The Kier molecular flexibility index (Phi) is 3.35. The number of rotatable bonds is 5. The van der Waals surface area contributed by atoms with E-state index in [9.17, 15) is 0 Å². The Labute approximate surface area is 118 Å². The molecule has 1 aliphatic rings. The van der Waals surface area contributed by atoms with E-state index in [0.29, 0.717) is 6.04 Å². The quantitative estimate of drug-likeness (QED) is 0.817. The van der Waals surface area contributed by atoms with Crippen molar-refractivity contribution in [3.05, 3.63) is 23.0 Å². The van der Waals surface area contributed by atoms with Crippen molar-refractivity contribution < 1.29 is 4.74 Å². The molecule has 0 spiro atoms. The molecule has 3 rings (SSSR count). The highest BCUT2D eigenvalue weighted by molar-refractivity contribution is 7.71. The highest BCUT2D eigenvalue weighted by Gasteiger charge is 2.26. The maximum atomic E-state index is 5.51. The fourth-order valence-corrected chi connectivity index (χ4v) is 3.14. The van der Waals surface area contributed by atoms with Crippen LogP contribution in [0.2, 0.25) is 0 Å². The molecule has 1 heterocycles. The third kappa shape index (κ3) is 2.41. The smallest absolute Gasteiger partial charge is 0.178 e. The van der Waals surface area contributed by atoms with Crippen LogP contribution in [-0.4, -0.2) is 16.7 Å². The van der Waals surface area contributed by atoms with Crippen LogP contribution in [0.25, 0.3) is 11.0 Å². The Bertz CT molecular complexity index is 639. The third-order valence-corrected chi connectivity index (χ3v) is 4.36. The Morgan fingerprint density at radius 2 is 2.26 bits per heavy atom. The Balaban J connectivity index is 2.08. The van der Waals surface area contributed by atoms with Crippen molar-refractivity contribution in [2.24, 2.45) is 5.92 Å². The summed E-state index contributed by atoms with van der Waals surface area (Å²) in [4.78, 5) is 3.31. The predicted octanol–water partition coefficient (Wildman–Crippen LogP) is 4.46. The lowest BCUT2D eigenvalue weighted by Crippen LogP contribution is -2.09. The first-order chi connectivity index (χ1) is 9.22. The minimum absolute atomic E-state index is 0.501. The molecule has 0 saturated heterocycles. The van der Waals surface area contributed by atoms with Gasteiger partial charge in [0.1, 0.15) is 5.75 Å². The molecule has 19 heavy (non-hydrogen) atoms. The number of hydrogen-bond acceptors (Lipinski definition) is 2. The summed E-state index contributed by atoms with van der Waals surface area (Å²) in [5.41, 5.74) is 2.26. The van der Waals surface area contributed by atoms with Crippen molar-refractivity contribution in [3.8, 4) is 5.75 Å². The number of nitrogens with one attached hydrogen (secondary N) is 1. The van der Waals surface area contributed by atoms with Gasteiger partial charge in [-0.05, 0) is 43.1 Å². The topological polar surface area (TPSA) is 29.9 Å². The number of aromatic nitrogens is 2. The van der Waals surface area contributed by atoms with E-state index >= 15 is 0 Å². The average molecular weight is 276 g/mol. The van der Waals surface area contributed by atoms with Gasteiger partial charge in [0.15, 0.2) is 4.77 Å². The van der Waals surface area contributed by atoms with Gasteiger partial charge >= 0.3 is 0 Å². The molecule has 0 amide bonds. The molecule has 1 unspecified atom stereocenters. The molecule has 1 saturated carbocycles. The van der Waals surface area contributed by atoms with Crippen LogP contribution < -0.4 is 4.74 Å². The van der Waals surface area contributed by atoms with Gasteiger partial charge in [-0.1, -0.05) is 19.8 Å². The minimum atomic E-state index is 0.501. The fraction of sp³-hybridized carbons (Fsp3) is 0.533. The van der Waals surface area contributed by atoms with Crippen LogP contribution >= 0.6 is 12.2 Å². The lowest BCUT2D eigenvalue weighted by molar-refractivity contribution is 0.413. The molecule has 1 aromatic heterocycles. The van der Waals surface area contributed by atoms with Crippen LogP contribution in [0.15, 0.2) is 18.2 Å². The zero-order valence-corrected chi connectivity index (χ0v) is 12.3. The molecule has 0 bridgehead atoms. The normalized spacial score (nSPS) is 16.7. The number of hydrogen-bond donors (Lipinski definition) is 1. The molecule has 1 aromatic carbocycles. The molecule has 2 aromatic rings. The maximum Gasteiger partial charge on any atom is 0.178 e. The molecule has 1 atom stereocenters. The van der Waals surface area contributed by atoms with Crippen LogP contribution in [0, 0.1) is 10.7 Å². The lowest BCUT2D eigenvalue weighted by Gasteiger charge is -2.17. The largest absolute Gasteiger partial charge is 0.497 e. The van der Waals surface area contributed by atoms with Gasteiger partial charge in [0.05, 0.1) is 18.1 Å². The van der Waals surface area contributed by atoms with Gasteiger partial charge in [-0.2, -0.15) is 0 Å². The number of benzene rings is 1. The van der Waals surface area contributed by atoms with Gasteiger partial charge < -0.3 is 14.3 Å². The zero-order valence-electron chi connectivity index (χ0n) is 11.5. The number of nitrogens with zero attached hydrogens (tertiary/aromatic N) is 1. The number of methoxy groups -OCH3 is 1. The molecule has 3 nitrogen and oxygen atoms in total. The fourth-order valence-electron chi connectivity index (χ4n) is 2.78. The van der Waals surface area contributed by atoms with Crippen molar-refractivity contribution in [1.82, 2.24) is 9.55 Å². The lowest BCUT2D eigenvalue weighted by atomic mass is 10.1. The van der Waals surface area contributed by atoms with Gasteiger partial charge in [0, 0.05) is 12.1 Å². The van der Waals surface area contributed by atoms with Crippen LogP contribution in [-0.2, 0) is 0 Å². The average Bonchev–Trinajstić information content (AvgIpc) is 3.18. The highest BCUT2D eigenvalue weighted by atomic mass is 32.1. The van der Waals surface area contributed by atoms with Gasteiger partial charge in [-0.15, -0.1) is 0 Å². The highest BCUT2D eigenvalue weighted by Crippen LogP contribution is 2.39. The van der Waals surface area contributed by atoms with Crippen LogP contribution in [0.1, 0.15) is 38.6 Å². The van der Waals surface area contributed by atoms with Crippen molar-refractivity contribution in [3.63, 3.8) is 0 Å². The van der Waals surface area contributed by atoms with Crippen LogP contribution in [0.4, 0.5) is 0 Å². The minimum Gasteiger partial charge on any atom is -0.497 e. The number of fused-ring (bicyclic) bond motifs is 1. The summed E-state index contributed by atoms with van der Waals surface area (Å²) in [6.07, 6.45) is 5.13. The van der Waals surface area contributed by atoms with E-state index in [2.05, 4.69) is 22.5 Å². The van der Waals surface area contributed by atoms with Gasteiger partial charge in [-0.3, -0.25) is 0 Å². The second-order valence-corrected chi connectivity index (χ2v) is 5.81. The summed E-state index contributed by atoms with van der Waals surface area (Å²) in [6, 6.07) is 6.60. The van der Waals surface area contributed by atoms with Gasteiger partial charge in [0.25, 0.3) is 0 Å². The molecule has 1 fully saturated rings. The summed E-state index contributed by atoms with van der Waals surface area (Å²) in [6.45, 7) is 2.24. The standard InChI is InChI=1S/C15H20N2OS/c1-3-11(8-10-4-5-10)17-14-9-12(18-2)6-7-13(14)16-15(17)19/h6-7,9-11H,3-5,8H2,1-2H3,(H,16,19). The number of H-pyrrole nitrogens is 1. The van der Waals surface area contributed by atoms with Crippen molar-refractivity contribution in [2.45, 2.75) is 38.6 Å². The van der Waals surface area contributed by atoms with Crippen molar-refractivity contribution in [2.75, 3.05) is 7.11 Å². The zero-order chi connectivity index (χ0) is 13.4. The Morgan fingerprint density at radius 3 is 2.89 bits per heavy atom. The SMILES string of the molecule is CCC(CC1CC1)n1c(=S)[nH]c2ccc(OC)cc21. The first-order valence-electron chi connectivity index (χ1n) is 7.01. The van der Waals surface area contributed by atoms with E-state index < -0.39 is 0 Å². The van der Waals surface area contributed by atoms with Crippen LogP contribution in [0.3, 0.4) is 0 Å². The Hall–Kier alpha value is -1.29. The molecule has 1 aliphatic carbocycles. The molecular formula is C15H20N2OS. The van der Waals surface area contributed by atoms with Crippen LogP contribution in [0.5, 0.6) is 5.75 Å². The predicted molar refractivity (Wildman–Crippen MR) is 80.3 cm³/mol. The maximum absolute atomic E-state index is 5.51. The summed E-state index contributed by atoms with van der Waals surface area (Å²) < 4.78 is 8.44. The van der Waals surface area contributed by atoms with Gasteiger partial charge in [-0.25, -0.2) is 0 Å². The first kappa shape index (κ1) is 12.7. The number of aromatic amines is 1. The summed E-state index contributed by atoms with van der Waals surface area (Å²) >= 11 is 5.51. The molecule has 1 N–H and O–H groups in total. The number of imidazole rings is 1. The van der Waals surface area contributed by atoms with Crippen molar-refractivity contribution >= 4 is 23.3 Å². The second kappa shape index (κ2) is 5.00. The molecule has 0 radical (unpaired) electrons. The summed E-state index contributed by atoms with van der Waals surface area (Å²) in [5.74, 6) is 1.79. The van der Waals surface area contributed by atoms with E-state index in [4.69, 9.17) is 17.0 Å². The van der Waals surface area contributed by atoms with E-state index in [0.717, 1.165) is 33.9 Å². The number of ether oxygens (including phenoxy) is 1. The summed E-state index contributed by atoms with van der Waals surface area (Å²) in [5, 5.41) is 0. The first-order valence-corrected chi connectivity index (χ1v) is 7.42. The van der Waals surface area contributed by atoms with E-state index in [1.165, 1.54) is 19.3 Å². The van der Waals surface area contributed by atoms with E-state index in [-0.39, 0.29) is 0 Å². The van der Waals surface area contributed by atoms with Crippen molar-refractivity contribution in [1.29, 1.82) is 0 Å². The molecule has 0 aliphatic heterocycles. The molecular weight excluding hydrogens is 256 g/mol. The molecule has 4 heteroatoms.